The molecule has 1 aromatic carbocycles. The summed E-state index contributed by atoms with van der Waals surface area (Å²) in [6, 6.07) is 9.08. The minimum absolute atomic E-state index is 0.0739. The zero-order valence-corrected chi connectivity index (χ0v) is 16.3. The molecule has 144 valence electrons. The van der Waals surface area contributed by atoms with Gasteiger partial charge in [-0.1, -0.05) is 17.3 Å². The van der Waals surface area contributed by atoms with Crippen LogP contribution in [0.3, 0.4) is 0 Å². The Kier molecular flexibility index (Phi) is 6.52. The number of hydrogen-bond acceptors (Lipinski definition) is 6. The van der Waals surface area contributed by atoms with Crippen LogP contribution in [-0.4, -0.2) is 53.9 Å². The number of ether oxygens (including phenoxy) is 1. The third kappa shape index (κ3) is 5.33. The minimum Gasteiger partial charge on any atom is -0.377 e. The summed E-state index contributed by atoms with van der Waals surface area (Å²) < 4.78 is 10.6. The molecule has 1 aliphatic rings. The SMILES string of the molecule is Cc1cc(NC(=O)CN(C)C(=O)c2ccccc2SCC2CCCO2)no1. The van der Waals surface area contributed by atoms with Crippen LogP contribution in [0.2, 0.25) is 0 Å². The summed E-state index contributed by atoms with van der Waals surface area (Å²) in [5, 5.41) is 6.33. The first kappa shape index (κ1) is 19.4. The second-order valence-electron chi connectivity index (χ2n) is 6.47. The van der Waals surface area contributed by atoms with Crippen LogP contribution in [0.5, 0.6) is 0 Å². The molecule has 0 bridgehead atoms. The highest BCUT2D eigenvalue weighted by molar-refractivity contribution is 7.99. The number of thioether (sulfide) groups is 1. The monoisotopic (exact) mass is 389 g/mol. The van der Waals surface area contributed by atoms with Gasteiger partial charge < -0.3 is 19.5 Å². The van der Waals surface area contributed by atoms with E-state index in [1.54, 1.807) is 37.9 Å². The van der Waals surface area contributed by atoms with E-state index in [0.717, 1.165) is 30.1 Å². The van der Waals surface area contributed by atoms with Crippen molar-refractivity contribution in [2.75, 3.05) is 31.3 Å². The zero-order chi connectivity index (χ0) is 19.2. The van der Waals surface area contributed by atoms with Gasteiger partial charge in [-0.2, -0.15) is 0 Å². The molecule has 2 amide bonds. The van der Waals surface area contributed by atoms with Gasteiger partial charge in [0.2, 0.25) is 5.91 Å². The van der Waals surface area contributed by atoms with Gasteiger partial charge in [-0.3, -0.25) is 9.59 Å². The number of nitrogens with one attached hydrogen (secondary N) is 1. The fourth-order valence-corrected chi connectivity index (χ4v) is 3.94. The maximum atomic E-state index is 12.8. The average molecular weight is 389 g/mol. The molecule has 1 saturated heterocycles. The van der Waals surface area contributed by atoms with Crippen LogP contribution in [0.4, 0.5) is 5.82 Å². The lowest BCUT2D eigenvalue weighted by Gasteiger charge is -2.18. The van der Waals surface area contributed by atoms with Crippen molar-refractivity contribution in [2.24, 2.45) is 0 Å². The molecule has 0 saturated carbocycles. The third-order valence-electron chi connectivity index (χ3n) is 4.19. The van der Waals surface area contributed by atoms with E-state index in [2.05, 4.69) is 10.5 Å². The van der Waals surface area contributed by atoms with Crippen LogP contribution >= 0.6 is 11.8 Å². The first-order chi connectivity index (χ1) is 13.0. The molecule has 7 nitrogen and oxygen atoms in total. The lowest BCUT2D eigenvalue weighted by atomic mass is 10.2. The Labute approximate surface area is 162 Å². The Balaban J connectivity index is 1.59. The molecule has 3 rings (SSSR count). The van der Waals surface area contributed by atoms with Crippen molar-refractivity contribution < 1.29 is 18.8 Å². The number of anilines is 1. The molecule has 27 heavy (non-hydrogen) atoms. The van der Waals surface area contributed by atoms with Crippen LogP contribution in [-0.2, 0) is 9.53 Å². The normalized spacial score (nSPS) is 16.3. The number of amides is 2. The molecule has 0 aliphatic carbocycles. The predicted molar refractivity (Wildman–Crippen MR) is 103 cm³/mol. The van der Waals surface area contributed by atoms with Gasteiger partial charge in [0, 0.05) is 30.4 Å². The smallest absolute Gasteiger partial charge is 0.255 e. The standard InChI is InChI=1S/C19H23N3O4S/c1-13-10-17(21-26-13)20-18(23)11-22(2)19(24)15-7-3-4-8-16(15)27-12-14-6-5-9-25-14/h3-4,7-8,10,14H,5-6,9,11-12H2,1-2H3,(H,20,21,23). The van der Waals surface area contributed by atoms with Gasteiger partial charge in [0.05, 0.1) is 18.2 Å². The number of carbonyl (C=O) groups is 2. The third-order valence-corrected chi connectivity index (χ3v) is 5.39. The molecule has 0 spiro atoms. The molecule has 1 fully saturated rings. The van der Waals surface area contributed by atoms with Crippen molar-refractivity contribution in [1.29, 1.82) is 0 Å². The quantitative estimate of drug-likeness (QED) is 0.733. The molecule has 2 aromatic rings. The maximum absolute atomic E-state index is 12.8. The van der Waals surface area contributed by atoms with Crippen LogP contribution in [0.1, 0.15) is 29.0 Å². The van der Waals surface area contributed by atoms with Crippen molar-refractivity contribution in [1.82, 2.24) is 10.1 Å². The summed E-state index contributed by atoms with van der Waals surface area (Å²) in [5.41, 5.74) is 0.591. The molecular weight excluding hydrogens is 366 g/mol. The Morgan fingerprint density at radius 2 is 2.19 bits per heavy atom. The van der Waals surface area contributed by atoms with E-state index in [1.807, 2.05) is 18.2 Å². The second-order valence-corrected chi connectivity index (χ2v) is 7.54. The Bertz CT molecular complexity index is 802. The minimum atomic E-state index is -0.330. The highest BCUT2D eigenvalue weighted by Crippen LogP contribution is 2.27. The van der Waals surface area contributed by atoms with Gasteiger partial charge >= 0.3 is 0 Å². The van der Waals surface area contributed by atoms with E-state index in [0.29, 0.717) is 17.1 Å². The van der Waals surface area contributed by atoms with E-state index in [1.165, 1.54) is 4.90 Å². The number of benzene rings is 1. The summed E-state index contributed by atoms with van der Waals surface area (Å²) in [7, 11) is 1.61. The number of nitrogens with zero attached hydrogens (tertiary/aromatic N) is 2. The predicted octanol–water partition coefficient (Wildman–Crippen LogP) is 2.96. The number of rotatable bonds is 7. The van der Waals surface area contributed by atoms with Gasteiger partial charge in [0.25, 0.3) is 5.91 Å². The number of hydrogen-bond donors (Lipinski definition) is 1. The molecule has 1 atom stereocenters. The van der Waals surface area contributed by atoms with E-state index in [-0.39, 0.29) is 24.5 Å². The maximum Gasteiger partial charge on any atom is 0.255 e. The fraction of sp³-hybridized carbons (Fsp3) is 0.421. The van der Waals surface area contributed by atoms with Gasteiger partial charge in [0.1, 0.15) is 5.76 Å². The molecule has 0 radical (unpaired) electrons. The summed E-state index contributed by atoms with van der Waals surface area (Å²) >= 11 is 1.62. The number of aryl methyl sites for hydroxylation is 1. The van der Waals surface area contributed by atoms with Crippen LogP contribution in [0.25, 0.3) is 0 Å². The van der Waals surface area contributed by atoms with Gasteiger partial charge in [-0.05, 0) is 31.9 Å². The first-order valence-electron chi connectivity index (χ1n) is 8.85. The van der Waals surface area contributed by atoms with Crippen molar-refractivity contribution in [3.8, 4) is 0 Å². The molecule has 1 aromatic heterocycles. The fourth-order valence-electron chi connectivity index (χ4n) is 2.83. The lowest BCUT2D eigenvalue weighted by molar-refractivity contribution is -0.116. The van der Waals surface area contributed by atoms with Gasteiger partial charge in [-0.15, -0.1) is 11.8 Å². The van der Waals surface area contributed by atoms with Crippen LogP contribution in [0, 0.1) is 6.92 Å². The van der Waals surface area contributed by atoms with E-state index >= 15 is 0 Å². The number of carbonyl (C=O) groups excluding carboxylic acids is 2. The molecular formula is C19H23N3O4S. The Hall–Kier alpha value is -2.32. The second kappa shape index (κ2) is 9.05. The topological polar surface area (TPSA) is 84.7 Å². The summed E-state index contributed by atoms with van der Waals surface area (Å²) in [5.74, 6) is 1.23. The number of likely N-dealkylation sites (N-methyl/N-ethyl adjacent to an activating group) is 1. The van der Waals surface area contributed by atoms with Crippen molar-refractivity contribution in [2.45, 2.75) is 30.8 Å². The van der Waals surface area contributed by atoms with Crippen LogP contribution < -0.4 is 5.32 Å². The van der Waals surface area contributed by atoms with Gasteiger partial charge in [-0.25, -0.2) is 0 Å². The molecule has 1 unspecified atom stereocenters. The molecule has 2 heterocycles. The average Bonchev–Trinajstić information content (AvgIpc) is 3.31. The lowest BCUT2D eigenvalue weighted by Crippen LogP contribution is -2.35. The summed E-state index contributed by atoms with van der Waals surface area (Å²) in [6.07, 6.45) is 2.40. The Morgan fingerprint density at radius 1 is 1.37 bits per heavy atom. The highest BCUT2D eigenvalue weighted by Gasteiger charge is 2.21. The zero-order valence-electron chi connectivity index (χ0n) is 15.4. The first-order valence-corrected chi connectivity index (χ1v) is 9.83. The van der Waals surface area contributed by atoms with E-state index < -0.39 is 0 Å². The highest BCUT2D eigenvalue weighted by atomic mass is 32.2. The van der Waals surface area contributed by atoms with Crippen molar-refractivity contribution in [3.63, 3.8) is 0 Å². The van der Waals surface area contributed by atoms with Crippen LogP contribution in [0.15, 0.2) is 39.8 Å². The number of aromatic nitrogens is 1. The molecule has 1 N–H and O–H groups in total. The molecule has 8 heteroatoms. The van der Waals surface area contributed by atoms with E-state index in [4.69, 9.17) is 9.26 Å². The largest absolute Gasteiger partial charge is 0.377 e. The van der Waals surface area contributed by atoms with E-state index in [9.17, 15) is 9.59 Å². The van der Waals surface area contributed by atoms with Gasteiger partial charge in [0.15, 0.2) is 5.82 Å². The van der Waals surface area contributed by atoms with Crippen molar-refractivity contribution in [3.05, 3.63) is 41.7 Å². The summed E-state index contributed by atoms with van der Waals surface area (Å²) in [4.78, 5) is 27.3. The Morgan fingerprint density at radius 3 is 2.89 bits per heavy atom. The molecule has 1 aliphatic heterocycles. The van der Waals surface area contributed by atoms with Crippen molar-refractivity contribution >= 4 is 29.4 Å². The summed E-state index contributed by atoms with van der Waals surface area (Å²) in [6.45, 7) is 2.48.